The molecule has 2 fully saturated rings. The number of nitrogens with one attached hydrogen (secondary N) is 1. The minimum atomic E-state index is -0.939. The molecule has 0 heterocycles. The molecule has 1 aromatic carbocycles. The Morgan fingerprint density at radius 3 is 2.47 bits per heavy atom. The smallest absolute Gasteiger partial charge is 0.335 e. The standard InChI is InChI=1S/C15H17NO3/c1-8-4-12(2-3-13(8)15(18)19)16-14(17)11-6-9-5-10(9)7-11/h2-4,9-11H,5-7H2,1H3,(H,16,17)(H,18,19). The molecule has 0 spiro atoms. The molecule has 1 aromatic rings. The van der Waals surface area contributed by atoms with Gasteiger partial charge in [0.2, 0.25) is 5.91 Å². The highest BCUT2D eigenvalue weighted by Gasteiger charge is 2.47. The molecule has 2 aliphatic rings. The quantitative estimate of drug-likeness (QED) is 0.877. The Kier molecular flexibility index (Phi) is 2.81. The summed E-state index contributed by atoms with van der Waals surface area (Å²) in [6.45, 7) is 1.74. The second-order valence-electron chi connectivity index (χ2n) is 5.75. The van der Waals surface area contributed by atoms with Gasteiger partial charge in [-0.15, -0.1) is 0 Å². The lowest BCUT2D eigenvalue weighted by atomic mass is 10.0. The van der Waals surface area contributed by atoms with Crippen LogP contribution in [0.25, 0.3) is 0 Å². The van der Waals surface area contributed by atoms with E-state index in [0.717, 1.165) is 24.7 Å². The van der Waals surface area contributed by atoms with Gasteiger partial charge in [-0.1, -0.05) is 0 Å². The molecule has 0 radical (unpaired) electrons. The van der Waals surface area contributed by atoms with Gasteiger partial charge >= 0.3 is 5.97 Å². The Morgan fingerprint density at radius 1 is 1.21 bits per heavy atom. The van der Waals surface area contributed by atoms with Gasteiger partial charge in [0.15, 0.2) is 0 Å². The van der Waals surface area contributed by atoms with Gasteiger partial charge in [0.25, 0.3) is 0 Å². The lowest BCUT2D eigenvalue weighted by molar-refractivity contribution is -0.120. The van der Waals surface area contributed by atoms with Crippen molar-refractivity contribution in [1.82, 2.24) is 0 Å². The number of carboxylic acids is 1. The molecular weight excluding hydrogens is 242 g/mol. The number of hydrogen-bond donors (Lipinski definition) is 2. The lowest BCUT2D eigenvalue weighted by Crippen LogP contribution is -2.21. The van der Waals surface area contributed by atoms with Gasteiger partial charge in [-0.05, 0) is 61.8 Å². The molecule has 0 aromatic heterocycles. The molecule has 19 heavy (non-hydrogen) atoms. The Labute approximate surface area is 111 Å². The maximum absolute atomic E-state index is 12.1. The van der Waals surface area contributed by atoms with E-state index in [1.807, 2.05) is 0 Å². The molecular formula is C15H17NO3. The highest BCUT2D eigenvalue weighted by Crippen LogP contribution is 2.54. The molecule has 0 aliphatic heterocycles. The van der Waals surface area contributed by atoms with Crippen molar-refractivity contribution in [2.45, 2.75) is 26.2 Å². The molecule has 4 heteroatoms. The van der Waals surface area contributed by atoms with Crippen molar-refractivity contribution < 1.29 is 14.7 Å². The topological polar surface area (TPSA) is 66.4 Å². The van der Waals surface area contributed by atoms with Crippen LogP contribution in [0.1, 0.15) is 35.2 Å². The first-order chi connectivity index (χ1) is 9.04. The van der Waals surface area contributed by atoms with Gasteiger partial charge < -0.3 is 10.4 Å². The van der Waals surface area contributed by atoms with Crippen molar-refractivity contribution in [1.29, 1.82) is 0 Å². The van der Waals surface area contributed by atoms with Crippen LogP contribution in [-0.2, 0) is 4.79 Å². The highest BCUT2D eigenvalue weighted by molar-refractivity contribution is 5.94. The number of benzene rings is 1. The zero-order valence-corrected chi connectivity index (χ0v) is 10.8. The van der Waals surface area contributed by atoms with Crippen LogP contribution < -0.4 is 5.32 Å². The molecule has 2 aliphatic carbocycles. The van der Waals surface area contributed by atoms with Crippen molar-refractivity contribution in [2.75, 3.05) is 5.32 Å². The third kappa shape index (κ3) is 2.35. The average Bonchev–Trinajstić information content (AvgIpc) is 2.95. The number of anilines is 1. The van der Waals surface area contributed by atoms with E-state index >= 15 is 0 Å². The molecule has 2 saturated carbocycles. The number of aromatic carboxylic acids is 1. The van der Waals surface area contributed by atoms with Crippen LogP contribution in [0.5, 0.6) is 0 Å². The number of amides is 1. The van der Waals surface area contributed by atoms with Crippen molar-refractivity contribution in [3.63, 3.8) is 0 Å². The summed E-state index contributed by atoms with van der Waals surface area (Å²) in [5, 5.41) is 11.9. The molecule has 3 rings (SSSR count). The SMILES string of the molecule is Cc1cc(NC(=O)C2CC3CC3C2)ccc1C(=O)O. The normalized spacial score (nSPS) is 27.7. The fourth-order valence-corrected chi connectivity index (χ4v) is 3.15. The summed E-state index contributed by atoms with van der Waals surface area (Å²) in [5.41, 5.74) is 1.63. The Bertz CT molecular complexity index is 542. The van der Waals surface area contributed by atoms with E-state index in [9.17, 15) is 9.59 Å². The van der Waals surface area contributed by atoms with Crippen LogP contribution in [0.3, 0.4) is 0 Å². The number of carbonyl (C=O) groups excluding carboxylic acids is 1. The number of rotatable bonds is 3. The molecule has 0 saturated heterocycles. The summed E-state index contributed by atoms with van der Waals surface area (Å²) in [6.07, 6.45) is 3.33. The van der Waals surface area contributed by atoms with Crippen LogP contribution in [0.2, 0.25) is 0 Å². The molecule has 100 valence electrons. The van der Waals surface area contributed by atoms with Crippen LogP contribution >= 0.6 is 0 Å². The number of hydrogen-bond acceptors (Lipinski definition) is 2. The minimum absolute atomic E-state index is 0.0784. The molecule has 2 N–H and O–H groups in total. The number of carbonyl (C=O) groups is 2. The van der Waals surface area contributed by atoms with E-state index in [1.165, 1.54) is 6.42 Å². The molecule has 4 nitrogen and oxygen atoms in total. The third-order valence-electron chi connectivity index (χ3n) is 4.34. The summed E-state index contributed by atoms with van der Waals surface area (Å²) in [7, 11) is 0. The number of fused-ring (bicyclic) bond motifs is 1. The zero-order chi connectivity index (χ0) is 13.6. The summed E-state index contributed by atoms with van der Waals surface area (Å²) >= 11 is 0. The predicted octanol–water partition coefficient (Wildman–Crippen LogP) is 2.68. The predicted molar refractivity (Wildman–Crippen MR) is 71.1 cm³/mol. The minimum Gasteiger partial charge on any atom is -0.478 e. The van der Waals surface area contributed by atoms with Gasteiger partial charge in [0, 0.05) is 11.6 Å². The molecule has 1 amide bonds. The van der Waals surface area contributed by atoms with Crippen molar-refractivity contribution in [3.05, 3.63) is 29.3 Å². The fourth-order valence-electron chi connectivity index (χ4n) is 3.15. The largest absolute Gasteiger partial charge is 0.478 e. The maximum Gasteiger partial charge on any atom is 0.335 e. The number of carboxylic acid groups (broad SMARTS) is 1. The van der Waals surface area contributed by atoms with Crippen LogP contribution in [0.15, 0.2) is 18.2 Å². The van der Waals surface area contributed by atoms with Crippen LogP contribution in [0, 0.1) is 24.7 Å². The van der Waals surface area contributed by atoms with Crippen molar-refractivity contribution in [2.24, 2.45) is 17.8 Å². The second-order valence-corrected chi connectivity index (χ2v) is 5.75. The maximum atomic E-state index is 12.1. The van der Waals surface area contributed by atoms with E-state index in [0.29, 0.717) is 11.3 Å². The van der Waals surface area contributed by atoms with Crippen molar-refractivity contribution in [3.8, 4) is 0 Å². The first-order valence-corrected chi connectivity index (χ1v) is 6.69. The Hall–Kier alpha value is -1.84. The fraction of sp³-hybridized carbons (Fsp3) is 0.467. The molecule has 0 bridgehead atoms. The van der Waals surface area contributed by atoms with Crippen LogP contribution in [0.4, 0.5) is 5.69 Å². The third-order valence-corrected chi connectivity index (χ3v) is 4.34. The van der Waals surface area contributed by atoms with Gasteiger partial charge in [0.05, 0.1) is 5.56 Å². The summed E-state index contributed by atoms with van der Waals surface area (Å²) in [6, 6.07) is 4.92. The zero-order valence-electron chi connectivity index (χ0n) is 10.8. The van der Waals surface area contributed by atoms with Gasteiger partial charge in [0.1, 0.15) is 0 Å². The lowest BCUT2D eigenvalue weighted by Gasteiger charge is -2.13. The molecule has 2 atom stereocenters. The average molecular weight is 259 g/mol. The van der Waals surface area contributed by atoms with E-state index in [4.69, 9.17) is 5.11 Å². The second kappa shape index (κ2) is 4.37. The van der Waals surface area contributed by atoms with Gasteiger partial charge in [-0.25, -0.2) is 4.79 Å². The van der Waals surface area contributed by atoms with Crippen LogP contribution in [-0.4, -0.2) is 17.0 Å². The summed E-state index contributed by atoms with van der Waals surface area (Å²) < 4.78 is 0. The summed E-state index contributed by atoms with van der Waals surface area (Å²) in [5.74, 6) is 0.850. The first-order valence-electron chi connectivity index (χ1n) is 6.69. The van der Waals surface area contributed by atoms with Gasteiger partial charge in [-0.3, -0.25) is 4.79 Å². The van der Waals surface area contributed by atoms with E-state index in [-0.39, 0.29) is 17.4 Å². The van der Waals surface area contributed by atoms with E-state index in [1.54, 1.807) is 25.1 Å². The first kappa shape index (κ1) is 12.2. The monoisotopic (exact) mass is 259 g/mol. The summed E-state index contributed by atoms with van der Waals surface area (Å²) in [4.78, 5) is 23.0. The number of aryl methyl sites for hydroxylation is 1. The molecule has 2 unspecified atom stereocenters. The van der Waals surface area contributed by atoms with Crippen molar-refractivity contribution >= 4 is 17.6 Å². The van der Waals surface area contributed by atoms with E-state index < -0.39 is 5.97 Å². The van der Waals surface area contributed by atoms with Gasteiger partial charge in [-0.2, -0.15) is 0 Å². The van der Waals surface area contributed by atoms with E-state index in [2.05, 4.69) is 5.32 Å². The Morgan fingerprint density at radius 2 is 1.89 bits per heavy atom. The highest BCUT2D eigenvalue weighted by atomic mass is 16.4. The Balaban J connectivity index is 1.67.